The maximum atomic E-state index is 11.9. The van der Waals surface area contributed by atoms with Gasteiger partial charge in [-0.3, -0.25) is 4.79 Å². The highest BCUT2D eigenvalue weighted by molar-refractivity contribution is 5.85. The third-order valence-electron chi connectivity index (χ3n) is 4.03. The van der Waals surface area contributed by atoms with Gasteiger partial charge in [0, 0.05) is 6.04 Å². The predicted octanol–water partition coefficient (Wildman–Crippen LogP) is 1.60. The number of hydrogen-bond donors (Lipinski definition) is 2. The van der Waals surface area contributed by atoms with E-state index in [1.54, 1.807) is 0 Å². The smallest absolute Gasteiger partial charge is 0.252 e. The van der Waals surface area contributed by atoms with Gasteiger partial charge < -0.3 is 10.4 Å². The standard InChI is InChI=1S/C12H21NO2/c1-9-5-4-6-10(9)13-11(14)12(15)7-2-3-8-12/h9-10,15H,2-8H2,1H3,(H,13,14). The summed E-state index contributed by atoms with van der Waals surface area (Å²) in [5, 5.41) is 13.1. The van der Waals surface area contributed by atoms with Gasteiger partial charge in [-0.15, -0.1) is 0 Å². The zero-order valence-corrected chi connectivity index (χ0v) is 9.46. The van der Waals surface area contributed by atoms with E-state index in [1.165, 1.54) is 12.8 Å². The molecule has 0 aromatic rings. The number of carbonyl (C=O) groups is 1. The van der Waals surface area contributed by atoms with Crippen LogP contribution in [0, 0.1) is 5.92 Å². The van der Waals surface area contributed by atoms with Crippen molar-refractivity contribution in [3.05, 3.63) is 0 Å². The molecule has 2 unspecified atom stereocenters. The van der Waals surface area contributed by atoms with Crippen LogP contribution in [0.3, 0.4) is 0 Å². The van der Waals surface area contributed by atoms with Crippen molar-refractivity contribution in [1.82, 2.24) is 5.32 Å². The summed E-state index contributed by atoms with van der Waals surface area (Å²) in [6.45, 7) is 2.18. The van der Waals surface area contributed by atoms with E-state index in [-0.39, 0.29) is 5.91 Å². The van der Waals surface area contributed by atoms with E-state index in [4.69, 9.17) is 0 Å². The van der Waals surface area contributed by atoms with Crippen LogP contribution >= 0.6 is 0 Å². The largest absolute Gasteiger partial charge is 0.380 e. The van der Waals surface area contributed by atoms with Crippen molar-refractivity contribution in [3.63, 3.8) is 0 Å². The molecule has 2 aliphatic carbocycles. The molecule has 0 aromatic carbocycles. The van der Waals surface area contributed by atoms with Crippen molar-refractivity contribution in [2.24, 2.45) is 5.92 Å². The van der Waals surface area contributed by atoms with E-state index in [2.05, 4.69) is 12.2 Å². The lowest BCUT2D eigenvalue weighted by Gasteiger charge is -2.25. The molecule has 3 heteroatoms. The van der Waals surface area contributed by atoms with Gasteiger partial charge in [-0.2, -0.15) is 0 Å². The maximum absolute atomic E-state index is 11.9. The molecule has 2 aliphatic rings. The summed E-state index contributed by atoms with van der Waals surface area (Å²) in [5.74, 6) is 0.442. The van der Waals surface area contributed by atoms with Gasteiger partial charge in [0.2, 0.25) is 0 Å². The molecule has 2 fully saturated rings. The second-order valence-corrected chi connectivity index (χ2v) is 5.23. The molecule has 2 saturated carbocycles. The highest BCUT2D eigenvalue weighted by Gasteiger charge is 2.40. The number of aliphatic hydroxyl groups is 1. The summed E-state index contributed by atoms with van der Waals surface area (Å²) >= 11 is 0. The fraction of sp³-hybridized carbons (Fsp3) is 0.917. The minimum Gasteiger partial charge on any atom is -0.380 e. The number of hydrogen-bond acceptors (Lipinski definition) is 2. The van der Waals surface area contributed by atoms with Crippen molar-refractivity contribution >= 4 is 5.91 Å². The van der Waals surface area contributed by atoms with E-state index in [0.29, 0.717) is 24.8 Å². The van der Waals surface area contributed by atoms with Crippen LogP contribution in [-0.4, -0.2) is 22.7 Å². The van der Waals surface area contributed by atoms with E-state index in [9.17, 15) is 9.90 Å². The van der Waals surface area contributed by atoms with Crippen molar-refractivity contribution < 1.29 is 9.90 Å². The molecule has 0 aromatic heterocycles. The van der Waals surface area contributed by atoms with Gasteiger partial charge >= 0.3 is 0 Å². The molecule has 0 saturated heterocycles. The molecule has 3 nitrogen and oxygen atoms in total. The fourth-order valence-corrected chi connectivity index (χ4v) is 2.85. The number of rotatable bonds is 2. The molecule has 2 N–H and O–H groups in total. The first-order valence-electron chi connectivity index (χ1n) is 6.15. The van der Waals surface area contributed by atoms with Gasteiger partial charge in [-0.05, 0) is 44.4 Å². The molecular formula is C12H21NO2. The molecule has 0 aliphatic heterocycles. The van der Waals surface area contributed by atoms with Gasteiger partial charge in [0.05, 0.1) is 0 Å². The van der Waals surface area contributed by atoms with Crippen LogP contribution in [0.25, 0.3) is 0 Å². The molecule has 0 spiro atoms. The summed E-state index contributed by atoms with van der Waals surface area (Å²) in [5.41, 5.74) is -1.05. The third-order valence-corrected chi connectivity index (χ3v) is 4.03. The molecular weight excluding hydrogens is 190 g/mol. The minimum atomic E-state index is -1.05. The van der Waals surface area contributed by atoms with Crippen LogP contribution < -0.4 is 5.32 Å². The summed E-state index contributed by atoms with van der Waals surface area (Å²) in [6, 6.07) is 0.294. The van der Waals surface area contributed by atoms with Gasteiger partial charge in [-0.25, -0.2) is 0 Å². The Hall–Kier alpha value is -0.570. The number of amides is 1. The average Bonchev–Trinajstić information content (AvgIpc) is 2.78. The number of carbonyl (C=O) groups excluding carboxylic acids is 1. The minimum absolute atomic E-state index is 0.126. The summed E-state index contributed by atoms with van der Waals surface area (Å²) in [4.78, 5) is 11.9. The number of nitrogens with one attached hydrogen (secondary N) is 1. The Morgan fingerprint density at radius 3 is 2.47 bits per heavy atom. The summed E-state index contributed by atoms with van der Waals surface area (Å²) < 4.78 is 0. The quantitative estimate of drug-likeness (QED) is 0.729. The Bertz CT molecular complexity index is 246. The zero-order valence-electron chi connectivity index (χ0n) is 9.46. The lowest BCUT2D eigenvalue weighted by atomic mass is 9.99. The Morgan fingerprint density at radius 2 is 1.93 bits per heavy atom. The first-order chi connectivity index (χ1) is 7.12. The van der Waals surface area contributed by atoms with Crippen LogP contribution in [-0.2, 0) is 4.79 Å². The van der Waals surface area contributed by atoms with Crippen LogP contribution in [0.15, 0.2) is 0 Å². The molecule has 2 rings (SSSR count). The zero-order chi connectivity index (χ0) is 10.9. The molecule has 86 valence electrons. The molecule has 2 atom stereocenters. The first kappa shape index (κ1) is 10.9. The maximum Gasteiger partial charge on any atom is 0.252 e. The summed E-state index contributed by atoms with van der Waals surface area (Å²) in [7, 11) is 0. The lowest BCUT2D eigenvalue weighted by molar-refractivity contribution is -0.140. The summed E-state index contributed by atoms with van der Waals surface area (Å²) in [6.07, 6.45) is 6.70. The highest BCUT2D eigenvalue weighted by Crippen LogP contribution is 2.31. The van der Waals surface area contributed by atoms with Gasteiger partial charge in [0.1, 0.15) is 5.60 Å². The molecule has 0 bridgehead atoms. The topological polar surface area (TPSA) is 49.3 Å². The highest BCUT2D eigenvalue weighted by atomic mass is 16.3. The van der Waals surface area contributed by atoms with Crippen molar-refractivity contribution in [2.75, 3.05) is 0 Å². The lowest BCUT2D eigenvalue weighted by Crippen LogP contribution is -2.49. The fourth-order valence-electron chi connectivity index (χ4n) is 2.85. The normalized spacial score (nSPS) is 34.3. The van der Waals surface area contributed by atoms with Crippen LogP contribution in [0.4, 0.5) is 0 Å². The average molecular weight is 211 g/mol. The predicted molar refractivity (Wildman–Crippen MR) is 58.4 cm³/mol. The van der Waals surface area contributed by atoms with E-state index < -0.39 is 5.60 Å². The Kier molecular flexibility index (Phi) is 3.01. The second kappa shape index (κ2) is 4.12. The van der Waals surface area contributed by atoms with Gasteiger partial charge in [0.15, 0.2) is 0 Å². The first-order valence-corrected chi connectivity index (χ1v) is 6.15. The third kappa shape index (κ3) is 2.17. The van der Waals surface area contributed by atoms with Crippen molar-refractivity contribution in [1.29, 1.82) is 0 Å². The van der Waals surface area contributed by atoms with Gasteiger partial charge in [0.25, 0.3) is 5.91 Å². The molecule has 0 heterocycles. The molecule has 15 heavy (non-hydrogen) atoms. The Labute approximate surface area is 91.2 Å². The van der Waals surface area contributed by atoms with E-state index >= 15 is 0 Å². The van der Waals surface area contributed by atoms with Crippen LogP contribution in [0.1, 0.15) is 51.9 Å². The second-order valence-electron chi connectivity index (χ2n) is 5.23. The SMILES string of the molecule is CC1CCCC1NC(=O)C1(O)CCCC1. The Balaban J connectivity index is 1.91. The Morgan fingerprint density at radius 1 is 1.27 bits per heavy atom. The molecule has 1 amide bonds. The van der Waals surface area contributed by atoms with E-state index in [1.807, 2.05) is 0 Å². The van der Waals surface area contributed by atoms with Crippen molar-refractivity contribution in [3.8, 4) is 0 Å². The van der Waals surface area contributed by atoms with Gasteiger partial charge in [-0.1, -0.05) is 13.3 Å². The van der Waals surface area contributed by atoms with E-state index in [0.717, 1.165) is 19.3 Å². The van der Waals surface area contributed by atoms with Crippen molar-refractivity contribution in [2.45, 2.75) is 63.5 Å². The van der Waals surface area contributed by atoms with Crippen LogP contribution in [0.2, 0.25) is 0 Å². The monoisotopic (exact) mass is 211 g/mol. The van der Waals surface area contributed by atoms with Crippen LogP contribution in [0.5, 0.6) is 0 Å². The molecule has 0 radical (unpaired) electrons.